The number of carbonyl (C=O) groups excluding carboxylic acids is 2. The Labute approximate surface area is 203 Å². The van der Waals surface area contributed by atoms with Crippen LogP contribution in [0, 0.1) is 12.8 Å². The number of benzene rings is 2. The number of hydrogen-bond acceptors (Lipinski definition) is 5. The minimum absolute atomic E-state index is 0.0270. The molecule has 0 N–H and O–H groups in total. The summed E-state index contributed by atoms with van der Waals surface area (Å²) in [5.41, 5.74) is 2.79. The maximum absolute atomic E-state index is 13.3. The number of para-hydroxylation sites is 1. The second-order valence-corrected chi connectivity index (χ2v) is 9.28. The van der Waals surface area contributed by atoms with Crippen molar-refractivity contribution in [1.29, 1.82) is 0 Å². The molecule has 8 heteroatoms. The summed E-state index contributed by atoms with van der Waals surface area (Å²) >= 11 is 6.15. The number of pyridine rings is 1. The number of amides is 2. The molecule has 1 atom stereocenters. The van der Waals surface area contributed by atoms with Crippen molar-refractivity contribution < 1.29 is 14.3 Å². The van der Waals surface area contributed by atoms with E-state index in [2.05, 4.69) is 24.0 Å². The van der Waals surface area contributed by atoms with Crippen LogP contribution in [0.4, 0.5) is 11.5 Å². The number of methoxy groups -OCH3 is 1. The number of carbonyl (C=O) groups is 2. The summed E-state index contributed by atoms with van der Waals surface area (Å²) in [5.74, 6) is 1.08. The van der Waals surface area contributed by atoms with Crippen molar-refractivity contribution in [2.24, 2.45) is 5.92 Å². The molecule has 2 aromatic carbocycles. The summed E-state index contributed by atoms with van der Waals surface area (Å²) < 4.78 is 5.40. The van der Waals surface area contributed by atoms with Gasteiger partial charge in [0.15, 0.2) is 0 Å². The summed E-state index contributed by atoms with van der Waals surface area (Å²) in [5, 5.41) is 1.68. The summed E-state index contributed by atoms with van der Waals surface area (Å²) in [6.07, 6.45) is 0.195. The quantitative estimate of drug-likeness (QED) is 0.569. The van der Waals surface area contributed by atoms with Crippen LogP contribution in [0.15, 0.2) is 48.5 Å². The van der Waals surface area contributed by atoms with Gasteiger partial charge in [-0.05, 0) is 42.8 Å². The average Bonchev–Trinajstić information content (AvgIpc) is 3.25. The average molecular weight is 479 g/mol. The van der Waals surface area contributed by atoms with E-state index in [1.165, 1.54) is 5.56 Å². The Morgan fingerprint density at radius 3 is 2.62 bits per heavy atom. The van der Waals surface area contributed by atoms with Crippen molar-refractivity contribution in [3.8, 4) is 5.75 Å². The fraction of sp³-hybridized carbons (Fsp3) is 0.346. The van der Waals surface area contributed by atoms with Crippen LogP contribution in [0.5, 0.6) is 5.75 Å². The molecule has 1 aromatic heterocycles. The van der Waals surface area contributed by atoms with Crippen molar-refractivity contribution in [1.82, 2.24) is 9.88 Å². The van der Waals surface area contributed by atoms with Gasteiger partial charge in [0.1, 0.15) is 11.6 Å². The first-order chi connectivity index (χ1) is 16.4. The van der Waals surface area contributed by atoms with E-state index in [1.807, 2.05) is 23.1 Å². The number of anilines is 2. The molecule has 7 nitrogen and oxygen atoms in total. The van der Waals surface area contributed by atoms with Crippen LogP contribution in [0.25, 0.3) is 10.9 Å². The zero-order valence-corrected chi connectivity index (χ0v) is 20.1. The lowest BCUT2D eigenvalue weighted by Gasteiger charge is -2.36. The highest BCUT2D eigenvalue weighted by molar-refractivity contribution is 6.31. The van der Waals surface area contributed by atoms with Crippen LogP contribution in [0.2, 0.25) is 5.02 Å². The first-order valence-electron chi connectivity index (χ1n) is 11.5. The fourth-order valence-corrected chi connectivity index (χ4v) is 5.05. The Balaban J connectivity index is 1.25. The lowest BCUT2D eigenvalue weighted by molar-refractivity contribution is -0.136. The lowest BCUT2D eigenvalue weighted by atomic mass is 10.1. The van der Waals surface area contributed by atoms with Crippen molar-refractivity contribution >= 4 is 45.8 Å². The molecular formula is C26H27ClN4O3. The van der Waals surface area contributed by atoms with Crippen molar-refractivity contribution in [3.05, 3.63) is 59.1 Å². The Kier molecular flexibility index (Phi) is 6.04. The van der Waals surface area contributed by atoms with Gasteiger partial charge in [0.05, 0.1) is 24.2 Å². The Morgan fingerprint density at radius 1 is 1.09 bits per heavy atom. The molecule has 1 unspecified atom stereocenters. The van der Waals surface area contributed by atoms with Gasteiger partial charge in [0, 0.05) is 49.6 Å². The Morgan fingerprint density at radius 2 is 1.85 bits per heavy atom. The molecule has 0 saturated carbocycles. The smallest absolute Gasteiger partial charge is 0.228 e. The number of nitrogens with zero attached hydrogens (tertiary/aromatic N) is 4. The highest BCUT2D eigenvalue weighted by Gasteiger charge is 2.39. The summed E-state index contributed by atoms with van der Waals surface area (Å²) in [7, 11) is 1.56. The van der Waals surface area contributed by atoms with E-state index >= 15 is 0 Å². The molecule has 2 fully saturated rings. The monoisotopic (exact) mass is 478 g/mol. The molecule has 0 radical (unpaired) electrons. The summed E-state index contributed by atoms with van der Waals surface area (Å²) in [4.78, 5) is 36.6. The van der Waals surface area contributed by atoms with Gasteiger partial charge in [-0.15, -0.1) is 0 Å². The first kappa shape index (κ1) is 22.5. The van der Waals surface area contributed by atoms with E-state index in [4.69, 9.17) is 21.3 Å². The highest BCUT2D eigenvalue weighted by Crippen LogP contribution is 2.35. The zero-order chi connectivity index (χ0) is 23.8. The first-order valence-corrected chi connectivity index (χ1v) is 11.9. The third-order valence-electron chi connectivity index (χ3n) is 6.73. The zero-order valence-electron chi connectivity index (χ0n) is 19.3. The Hall–Kier alpha value is -3.32. The number of halogens is 1. The number of rotatable bonds is 4. The lowest BCUT2D eigenvalue weighted by Crippen LogP contribution is -2.51. The largest absolute Gasteiger partial charge is 0.495 e. The maximum Gasteiger partial charge on any atom is 0.228 e. The van der Waals surface area contributed by atoms with Gasteiger partial charge in [0.2, 0.25) is 11.8 Å². The van der Waals surface area contributed by atoms with Gasteiger partial charge in [-0.2, -0.15) is 0 Å². The topological polar surface area (TPSA) is 66.0 Å². The molecule has 176 valence electrons. The van der Waals surface area contributed by atoms with Crippen molar-refractivity contribution in [2.45, 2.75) is 13.3 Å². The second kappa shape index (κ2) is 9.14. The van der Waals surface area contributed by atoms with E-state index in [0.717, 1.165) is 16.7 Å². The molecule has 0 aliphatic carbocycles. The summed E-state index contributed by atoms with van der Waals surface area (Å²) in [6, 6.07) is 15.4. The number of aromatic nitrogens is 1. The van der Waals surface area contributed by atoms with Gasteiger partial charge >= 0.3 is 0 Å². The van der Waals surface area contributed by atoms with Crippen LogP contribution < -0.4 is 14.5 Å². The SMILES string of the molecule is COc1ccc(Cl)cc1N1CC(C(=O)N2CCN(c3cc(C)c4ccccc4n3)CC2)CC1=O. The number of piperazine rings is 1. The van der Waals surface area contributed by atoms with Crippen LogP contribution >= 0.6 is 11.6 Å². The molecule has 2 amide bonds. The van der Waals surface area contributed by atoms with Crippen molar-refractivity contribution in [2.75, 3.05) is 49.6 Å². The minimum atomic E-state index is -0.372. The van der Waals surface area contributed by atoms with Gasteiger partial charge in [0.25, 0.3) is 0 Å². The third kappa shape index (κ3) is 4.16. The predicted octanol–water partition coefficient (Wildman–Crippen LogP) is 3.91. The number of aryl methyl sites for hydroxylation is 1. The molecule has 5 rings (SSSR count). The molecular weight excluding hydrogens is 452 g/mol. The molecule has 0 bridgehead atoms. The molecule has 2 aliphatic heterocycles. The van der Waals surface area contributed by atoms with E-state index in [-0.39, 0.29) is 24.2 Å². The molecule has 0 spiro atoms. The number of hydrogen-bond donors (Lipinski definition) is 0. The number of fused-ring (bicyclic) bond motifs is 1. The molecule has 3 aromatic rings. The molecule has 3 heterocycles. The third-order valence-corrected chi connectivity index (χ3v) is 6.97. The molecule has 2 aliphatic rings. The number of ether oxygens (including phenoxy) is 1. The van der Waals surface area contributed by atoms with Crippen LogP contribution in [-0.4, -0.2) is 61.5 Å². The van der Waals surface area contributed by atoms with E-state index < -0.39 is 0 Å². The Bertz CT molecular complexity index is 1260. The van der Waals surface area contributed by atoms with Gasteiger partial charge in [-0.25, -0.2) is 4.98 Å². The van der Waals surface area contributed by atoms with Gasteiger partial charge < -0.3 is 19.4 Å². The molecule has 2 saturated heterocycles. The van der Waals surface area contributed by atoms with Crippen LogP contribution in [0.1, 0.15) is 12.0 Å². The standard InChI is InChI=1S/C26H27ClN4O3/c1-17-13-24(28-21-6-4-3-5-20(17)21)29-9-11-30(12-10-29)26(33)18-14-25(32)31(16-18)22-15-19(27)7-8-23(22)34-2/h3-8,13,15,18H,9-12,14,16H2,1-2H3. The normalized spacial score (nSPS) is 18.6. The molecule has 34 heavy (non-hydrogen) atoms. The van der Waals surface area contributed by atoms with E-state index in [0.29, 0.717) is 49.2 Å². The second-order valence-electron chi connectivity index (χ2n) is 8.85. The maximum atomic E-state index is 13.3. The van der Waals surface area contributed by atoms with Gasteiger partial charge in [-0.1, -0.05) is 29.8 Å². The fourth-order valence-electron chi connectivity index (χ4n) is 4.89. The van der Waals surface area contributed by atoms with E-state index in [1.54, 1.807) is 30.2 Å². The van der Waals surface area contributed by atoms with Crippen molar-refractivity contribution in [3.63, 3.8) is 0 Å². The summed E-state index contributed by atoms with van der Waals surface area (Å²) in [6.45, 7) is 5.08. The predicted molar refractivity (Wildman–Crippen MR) is 134 cm³/mol. The van der Waals surface area contributed by atoms with Gasteiger partial charge in [-0.3, -0.25) is 9.59 Å². The van der Waals surface area contributed by atoms with Crippen LogP contribution in [-0.2, 0) is 9.59 Å². The van der Waals surface area contributed by atoms with Crippen LogP contribution in [0.3, 0.4) is 0 Å². The van der Waals surface area contributed by atoms with E-state index in [9.17, 15) is 9.59 Å². The highest BCUT2D eigenvalue weighted by atomic mass is 35.5. The minimum Gasteiger partial charge on any atom is -0.495 e.